The van der Waals surface area contributed by atoms with Crippen molar-refractivity contribution in [3.05, 3.63) is 124 Å². The van der Waals surface area contributed by atoms with Crippen molar-refractivity contribution in [2.45, 2.75) is 13.8 Å². The van der Waals surface area contributed by atoms with Crippen molar-refractivity contribution >= 4 is 72.3 Å². The molecular formula is C30H23Cl4N4O2P. The van der Waals surface area contributed by atoms with Gasteiger partial charge in [-0.05, 0) is 89.5 Å². The van der Waals surface area contributed by atoms with Crippen LogP contribution in [0.1, 0.15) is 11.1 Å². The average Bonchev–Trinajstić information content (AvgIpc) is 2.93. The number of aryl methyl sites for hydroxylation is 2. The molecule has 208 valence electrons. The number of rotatable bonds is 2. The summed E-state index contributed by atoms with van der Waals surface area (Å²) in [4.78, 5) is 27.8. The number of pyridine rings is 4. The van der Waals surface area contributed by atoms with Crippen molar-refractivity contribution in [1.82, 2.24) is 19.9 Å². The molecular weight excluding hydrogens is 621 g/mol. The average molecular weight is 644 g/mol. The van der Waals surface area contributed by atoms with Gasteiger partial charge in [0.05, 0.1) is 27.8 Å². The minimum Gasteiger partial charge on any atom is -0.321 e. The molecule has 1 N–H and O–H groups in total. The van der Waals surface area contributed by atoms with E-state index in [-0.39, 0.29) is 5.56 Å². The zero-order chi connectivity index (χ0) is 29.6. The smallest absolute Gasteiger partial charge is 0.321 e. The summed E-state index contributed by atoms with van der Waals surface area (Å²) >= 11 is 20.0. The number of fused-ring (bicyclic) bond motifs is 2. The van der Waals surface area contributed by atoms with Crippen LogP contribution >= 0.6 is 50.5 Å². The lowest BCUT2D eigenvalue weighted by molar-refractivity contribution is 0.600. The third-order valence-corrected chi connectivity index (χ3v) is 6.16. The molecule has 0 spiro atoms. The van der Waals surface area contributed by atoms with Crippen LogP contribution < -0.4 is 5.56 Å². The van der Waals surface area contributed by atoms with Crippen molar-refractivity contribution in [1.29, 1.82) is 0 Å². The largest absolute Gasteiger partial charge is 0.339 e. The van der Waals surface area contributed by atoms with Gasteiger partial charge in [-0.3, -0.25) is 19.3 Å². The van der Waals surface area contributed by atoms with Crippen molar-refractivity contribution < 1.29 is 4.57 Å². The van der Waals surface area contributed by atoms with Crippen LogP contribution in [0.15, 0.2) is 102 Å². The molecule has 41 heavy (non-hydrogen) atoms. The lowest BCUT2D eigenvalue weighted by Crippen LogP contribution is -2.07. The fourth-order valence-corrected chi connectivity index (χ4v) is 4.13. The molecule has 6 rings (SSSR count). The Morgan fingerprint density at radius 1 is 0.707 bits per heavy atom. The summed E-state index contributed by atoms with van der Waals surface area (Å²) in [5.74, 6) is 0. The Kier molecular flexibility index (Phi) is 10.2. The summed E-state index contributed by atoms with van der Waals surface area (Å²) < 4.78 is 9.51. The van der Waals surface area contributed by atoms with Crippen molar-refractivity contribution in [2.75, 3.05) is 0 Å². The van der Waals surface area contributed by atoms with Gasteiger partial charge in [-0.25, -0.2) is 4.98 Å². The van der Waals surface area contributed by atoms with Crippen LogP contribution in [0.5, 0.6) is 0 Å². The van der Waals surface area contributed by atoms with Crippen LogP contribution in [-0.4, -0.2) is 19.9 Å². The zero-order valence-corrected chi connectivity index (χ0v) is 25.8. The van der Waals surface area contributed by atoms with Gasteiger partial charge < -0.3 is 4.98 Å². The minimum atomic E-state index is -3.22. The molecule has 0 unspecified atom stereocenters. The van der Waals surface area contributed by atoms with E-state index in [1.165, 1.54) is 11.1 Å². The van der Waals surface area contributed by atoms with Crippen LogP contribution in [0.2, 0.25) is 5.15 Å². The highest BCUT2D eigenvalue weighted by molar-refractivity contribution is 8.24. The Hall–Kier alpha value is -3.25. The standard InChI is InChI=1S/C15H11ClN2.C15H12N2O.Cl3OP/c1-10-4-6-11(7-5-10)13-9-14-12(15(16)18-13)3-2-8-17-14;1-10-4-6-11(7-5-10)13-9-14-12(15(18)17-13)3-2-8-16-14;1-5(2,3)4/h2-9H,1H3;2-9H,1H3,(H,17,18);. The maximum absolute atomic E-state index is 11.9. The minimum absolute atomic E-state index is 0.101. The van der Waals surface area contributed by atoms with Gasteiger partial charge in [0.2, 0.25) is 0 Å². The normalized spacial score (nSPS) is 10.9. The molecule has 6 aromatic rings. The Morgan fingerprint density at radius 2 is 1.20 bits per heavy atom. The molecule has 0 fully saturated rings. The fraction of sp³-hybridized carbons (Fsp3) is 0.0667. The van der Waals surface area contributed by atoms with Crippen molar-refractivity contribution in [2.24, 2.45) is 0 Å². The van der Waals surface area contributed by atoms with Crippen molar-refractivity contribution in [3.63, 3.8) is 0 Å². The SMILES string of the molecule is Cc1ccc(-c2cc3ncccc3c(=O)[nH]2)cc1.Cc1ccc(-c2cc3ncccc3c(Cl)n2)cc1.O=P(Cl)(Cl)Cl. The highest BCUT2D eigenvalue weighted by Crippen LogP contribution is 2.61. The molecule has 0 bridgehead atoms. The number of nitrogens with one attached hydrogen (secondary N) is 1. The van der Waals surface area contributed by atoms with E-state index in [0.717, 1.165) is 38.9 Å². The highest BCUT2D eigenvalue weighted by Gasteiger charge is 2.07. The highest BCUT2D eigenvalue weighted by atomic mass is 36.0. The predicted octanol–water partition coefficient (Wildman–Crippen LogP) is 9.97. The Labute approximate surface area is 256 Å². The maximum Gasteiger partial charge on any atom is 0.339 e. The molecule has 0 aliphatic heterocycles. The van der Waals surface area contributed by atoms with E-state index in [4.69, 9.17) is 11.6 Å². The molecule has 0 atom stereocenters. The van der Waals surface area contributed by atoms with Crippen molar-refractivity contribution in [3.8, 4) is 22.5 Å². The predicted molar refractivity (Wildman–Crippen MR) is 172 cm³/mol. The lowest BCUT2D eigenvalue weighted by Gasteiger charge is -2.05. The van der Waals surface area contributed by atoms with Gasteiger partial charge in [-0.2, -0.15) is 0 Å². The number of aromatic nitrogens is 4. The molecule has 11 heteroatoms. The molecule has 6 nitrogen and oxygen atoms in total. The van der Waals surface area contributed by atoms with Gasteiger partial charge in [0, 0.05) is 23.3 Å². The van der Waals surface area contributed by atoms with E-state index in [9.17, 15) is 9.36 Å². The van der Waals surface area contributed by atoms with Gasteiger partial charge in [0.15, 0.2) is 0 Å². The first-order chi connectivity index (χ1) is 19.5. The van der Waals surface area contributed by atoms with E-state index in [1.807, 2.05) is 67.6 Å². The van der Waals surface area contributed by atoms with Gasteiger partial charge in [0.25, 0.3) is 5.56 Å². The van der Waals surface area contributed by atoms with Gasteiger partial charge in [-0.1, -0.05) is 71.3 Å². The summed E-state index contributed by atoms with van der Waals surface area (Å²) in [6.45, 7) is 4.10. The number of nitrogens with zero attached hydrogens (tertiary/aromatic N) is 3. The Bertz CT molecular complexity index is 1900. The number of H-pyrrole nitrogens is 1. The number of benzene rings is 2. The Balaban J connectivity index is 0.000000163. The second-order valence-corrected chi connectivity index (χ2v) is 15.9. The number of hydrogen-bond donors (Lipinski definition) is 1. The van der Waals surface area contributed by atoms with Crippen LogP contribution in [0, 0.1) is 13.8 Å². The van der Waals surface area contributed by atoms with Crippen LogP contribution in [0.25, 0.3) is 44.3 Å². The zero-order valence-electron chi connectivity index (χ0n) is 21.9. The first kappa shape index (κ1) is 30.7. The summed E-state index contributed by atoms with van der Waals surface area (Å²) in [6, 6.07) is 27.5. The third kappa shape index (κ3) is 8.87. The summed E-state index contributed by atoms with van der Waals surface area (Å²) in [6.07, 6.45) is 3.46. The Morgan fingerprint density at radius 3 is 1.76 bits per heavy atom. The second kappa shape index (κ2) is 13.6. The first-order valence-corrected chi connectivity index (χ1v) is 17.0. The molecule has 0 aliphatic rings. The van der Waals surface area contributed by atoms with E-state index in [1.54, 1.807) is 24.5 Å². The lowest BCUT2D eigenvalue weighted by atomic mass is 10.1. The molecule has 0 aliphatic carbocycles. The summed E-state index contributed by atoms with van der Waals surface area (Å²) in [5.41, 5.74) is 7.60. The molecule has 4 heterocycles. The molecule has 0 amide bonds. The first-order valence-electron chi connectivity index (χ1n) is 12.2. The van der Waals surface area contributed by atoms with Gasteiger partial charge in [-0.15, -0.1) is 0 Å². The summed E-state index contributed by atoms with van der Waals surface area (Å²) in [5, 5.41) is -1.22. The molecule has 2 aromatic carbocycles. The van der Waals surface area contributed by atoms with Gasteiger partial charge >= 0.3 is 5.20 Å². The molecule has 0 saturated carbocycles. The van der Waals surface area contributed by atoms with Gasteiger partial charge in [0.1, 0.15) is 5.15 Å². The third-order valence-electron chi connectivity index (χ3n) is 5.88. The van der Waals surface area contributed by atoms with E-state index in [2.05, 4.69) is 72.7 Å². The number of hydrogen-bond acceptors (Lipinski definition) is 5. The quantitative estimate of drug-likeness (QED) is 0.150. The maximum atomic E-state index is 11.9. The topological polar surface area (TPSA) is 88.6 Å². The molecule has 0 radical (unpaired) electrons. The van der Waals surface area contributed by atoms with Crippen LogP contribution in [0.3, 0.4) is 0 Å². The van der Waals surface area contributed by atoms with E-state index < -0.39 is 5.20 Å². The number of aromatic amines is 1. The van der Waals surface area contributed by atoms with E-state index >= 15 is 0 Å². The fourth-order valence-electron chi connectivity index (χ4n) is 3.88. The molecule has 0 saturated heterocycles. The summed E-state index contributed by atoms with van der Waals surface area (Å²) in [7, 11) is 0. The monoisotopic (exact) mass is 642 g/mol. The van der Waals surface area contributed by atoms with E-state index in [0.29, 0.717) is 10.5 Å². The van der Waals surface area contributed by atoms with Crippen LogP contribution in [-0.2, 0) is 4.57 Å². The molecule has 4 aromatic heterocycles. The second-order valence-electron chi connectivity index (χ2n) is 8.95. The number of halogens is 4. The van der Waals surface area contributed by atoms with Crippen LogP contribution in [0.4, 0.5) is 0 Å².